The van der Waals surface area contributed by atoms with Gasteiger partial charge in [-0.15, -0.1) is 0 Å². The second-order valence-corrected chi connectivity index (χ2v) is 7.93. The summed E-state index contributed by atoms with van der Waals surface area (Å²) in [5, 5.41) is 9.49. The van der Waals surface area contributed by atoms with Crippen molar-refractivity contribution in [2.75, 3.05) is 17.7 Å². The molecule has 3 aromatic heterocycles. The molecule has 0 bridgehead atoms. The number of pyridine rings is 1. The fraction of sp³-hybridized carbons (Fsp3) is 0.261. The zero-order valence-corrected chi connectivity index (χ0v) is 19.0. The average Bonchev–Trinajstić information content (AvgIpc) is 3.17. The van der Waals surface area contributed by atoms with Crippen LogP contribution in [0.2, 0.25) is 0 Å². The number of anilines is 2. The number of carboxylic acid groups (broad SMARTS) is 1. The molecule has 0 atom stereocenters. The van der Waals surface area contributed by atoms with Gasteiger partial charge in [-0.05, 0) is 39.3 Å². The number of aromatic nitrogens is 4. The summed E-state index contributed by atoms with van der Waals surface area (Å²) in [6.07, 6.45) is 4.83. The minimum Gasteiger partial charge on any atom is -0.496 e. The molecule has 10 nitrogen and oxygen atoms in total. The van der Waals surface area contributed by atoms with Gasteiger partial charge < -0.3 is 20.6 Å². The number of carbonyl (C=O) groups is 2. The van der Waals surface area contributed by atoms with Gasteiger partial charge in [0.25, 0.3) is 5.91 Å². The lowest BCUT2D eigenvalue weighted by Gasteiger charge is -2.18. The fourth-order valence-corrected chi connectivity index (χ4v) is 4.19. The lowest BCUT2D eigenvalue weighted by atomic mass is 10.1. The molecule has 0 unspecified atom stereocenters. The van der Waals surface area contributed by atoms with Gasteiger partial charge in [-0.1, -0.05) is 0 Å². The van der Waals surface area contributed by atoms with Crippen molar-refractivity contribution in [3.05, 3.63) is 57.3 Å². The van der Waals surface area contributed by atoms with E-state index >= 15 is 0 Å². The Balaban J connectivity index is 1.81. The van der Waals surface area contributed by atoms with Crippen LogP contribution in [0, 0.1) is 27.7 Å². The first-order valence-corrected chi connectivity index (χ1v) is 10.2. The predicted molar refractivity (Wildman–Crippen MR) is 123 cm³/mol. The molecule has 4 rings (SSSR count). The number of aromatic amines is 1. The summed E-state index contributed by atoms with van der Waals surface area (Å²) in [5.74, 6) is -0.216. The van der Waals surface area contributed by atoms with E-state index in [0.717, 1.165) is 11.1 Å². The van der Waals surface area contributed by atoms with Crippen molar-refractivity contribution in [3.8, 4) is 5.75 Å². The number of nitrogens with one attached hydrogen (secondary N) is 1. The summed E-state index contributed by atoms with van der Waals surface area (Å²) >= 11 is 0. The number of nitrogens with zero attached hydrogens (tertiary/aromatic N) is 4. The standard InChI is InChI=1S/C23H24N6O4/c1-10-7-25-17(12(3)19(10)33-5)9-29-20-15(8-26-23(24)28-20)14(21(29)30)6-16-11(2)18(22(31)32)13(4)27-16/h6-8,27H,9H2,1-5H3,(H,31,32)(H2,24,26,28)/b14-6-. The summed E-state index contributed by atoms with van der Waals surface area (Å²) in [6.45, 7) is 7.32. The van der Waals surface area contributed by atoms with Crippen LogP contribution < -0.4 is 15.4 Å². The summed E-state index contributed by atoms with van der Waals surface area (Å²) < 4.78 is 5.49. The van der Waals surface area contributed by atoms with E-state index in [1.807, 2.05) is 13.8 Å². The quantitative estimate of drug-likeness (QED) is 0.505. The average molecular weight is 448 g/mol. The molecule has 0 aromatic carbocycles. The molecule has 10 heteroatoms. The molecule has 3 aromatic rings. The van der Waals surface area contributed by atoms with E-state index in [2.05, 4.69) is 19.9 Å². The molecular weight excluding hydrogens is 424 g/mol. The molecule has 0 saturated carbocycles. The van der Waals surface area contributed by atoms with Crippen LogP contribution in [0.5, 0.6) is 5.75 Å². The van der Waals surface area contributed by atoms with E-state index in [1.165, 1.54) is 11.1 Å². The van der Waals surface area contributed by atoms with Crippen LogP contribution in [0.3, 0.4) is 0 Å². The molecule has 4 heterocycles. The van der Waals surface area contributed by atoms with Gasteiger partial charge in [0, 0.05) is 40.5 Å². The molecule has 0 aliphatic carbocycles. The van der Waals surface area contributed by atoms with Gasteiger partial charge in [0.2, 0.25) is 5.95 Å². The van der Waals surface area contributed by atoms with Crippen LogP contribution in [-0.2, 0) is 11.3 Å². The molecule has 1 amide bonds. The van der Waals surface area contributed by atoms with E-state index in [4.69, 9.17) is 10.5 Å². The number of amides is 1. The number of rotatable bonds is 5. The van der Waals surface area contributed by atoms with Crippen molar-refractivity contribution in [1.82, 2.24) is 19.9 Å². The first-order chi connectivity index (χ1) is 15.6. The first kappa shape index (κ1) is 22.0. The van der Waals surface area contributed by atoms with Crippen molar-refractivity contribution < 1.29 is 19.4 Å². The van der Waals surface area contributed by atoms with Crippen LogP contribution in [-0.4, -0.2) is 44.0 Å². The minimum absolute atomic E-state index is 0.0408. The Morgan fingerprint density at radius 3 is 2.58 bits per heavy atom. The van der Waals surface area contributed by atoms with Crippen molar-refractivity contribution in [2.24, 2.45) is 0 Å². The number of nitrogen functional groups attached to an aromatic ring is 1. The normalized spacial score (nSPS) is 14.2. The highest BCUT2D eigenvalue weighted by molar-refractivity contribution is 6.35. The molecule has 0 saturated heterocycles. The number of nitrogens with two attached hydrogens (primary N) is 1. The Labute approximate surface area is 190 Å². The first-order valence-electron chi connectivity index (χ1n) is 10.2. The van der Waals surface area contributed by atoms with Crippen LogP contribution in [0.15, 0.2) is 12.4 Å². The highest BCUT2D eigenvalue weighted by Crippen LogP contribution is 2.38. The monoisotopic (exact) mass is 448 g/mol. The topological polar surface area (TPSA) is 147 Å². The smallest absolute Gasteiger partial charge is 0.337 e. The Hall–Kier alpha value is -4.21. The number of aromatic carboxylic acids is 1. The maximum atomic E-state index is 13.5. The Kier molecular flexibility index (Phi) is 5.36. The van der Waals surface area contributed by atoms with E-state index in [-0.39, 0.29) is 24.0 Å². The Morgan fingerprint density at radius 2 is 1.94 bits per heavy atom. The number of aryl methyl sites for hydroxylation is 2. The van der Waals surface area contributed by atoms with Gasteiger partial charge in [0.05, 0.1) is 30.5 Å². The summed E-state index contributed by atoms with van der Waals surface area (Å²) in [5.41, 5.74) is 10.8. The molecule has 0 fully saturated rings. The molecule has 1 aliphatic rings. The van der Waals surface area contributed by atoms with E-state index < -0.39 is 5.97 Å². The fourth-order valence-electron chi connectivity index (χ4n) is 4.19. The molecule has 1 aliphatic heterocycles. The second-order valence-electron chi connectivity index (χ2n) is 7.93. The number of methoxy groups -OCH3 is 1. The lowest BCUT2D eigenvalue weighted by Crippen LogP contribution is -2.27. The van der Waals surface area contributed by atoms with E-state index in [1.54, 1.807) is 33.2 Å². The largest absolute Gasteiger partial charge is 0.496 e. The Bertz CT molecular complexity index is 1340. The maximum Gasteiger partial charge on any atom is 0.337 e. The molecular formula is C23H24N6O4. The number of carbonyl (C=O) groups excluding carboxylic acids is 1. The number of ether oxygens (including phenoxy) is 1. The number of hydrogen-bond acceptors (Lipinski definition) is 7. The third-order valence-corrected chi connectivity index (χ3v) is 5.85. The maximum absolute atomic E-state index is 13.5. The second kappa shape index (κ2) is 8.05. The molecule has 0 spiro atoms. The van der Waals surface area contributed by atoms with Gasteiger partial charge in [0.1, 0.15) is 11.6 Å². The van der Waals surface area contributed by atoms with Crippen LogP contribution in [0.4, 0.5) is 11.8 Å². The van der Waals surface area contributed by atoms with Crippen LogP contribution >= 0.6 is 0 Å². The van der Waals surface area contributed by atoms with E-state index in [9.17, 15) is 14.7 Å². The predicted octanol–water partition coefficient (Wildman–Crippen LogP) is 2.81. The van der Waals surface area contributed by atoms with Gasteiger partial charge in [0.15, 0.2) is 0 Å². The molecule has 4 N–H and O–H groups in total. The lowest BCUT2D eigenvalue weighted by molar-refractivity contribution is -0.113. The zero-order valence-electron chi connectivity index (χ0n) is 19.0. The SMILES string of the molecule is COc1c(C)cnc(CN2C(=O)/C(=C\c3[nH]c(C)c(C(=O)O)c3C)c3cnc(N)nc32)c1C. The van der Waals surface area contributed by atoms with Crippen molar-refractivity contribution >= 4 is 35.3 Å². The van der Waals surface area contributed by atoms with Gasteiger partial charge >= 0.3 is 5.97 Å². The van der Waals surface area contributed by atoms with Gasteiger partial charge in [-0.3, -0.25) is 14.7 Å². The van der Waals surface area contributed by atoms with Gasteiger partial charge in [-0.25, -0.2) is 9.78 Å². The molecule has 0 radical (unpaired) electrons. The highest BCUT2D eigenvalue weighted by Gasteiger charge is 2.35. The van der Waals surface area contributed by atoms with Crippen LogP contribution in [0.25, 0.3) is 11.6 Å². The Morgan fingerprint density at radius 1 is 1.21 bits per heavy atom. The van der Waals surface area contributed by atoms with Crippen molar-refractivity contribution in [2.45, 2.75) is 34.2 Å². The van der Waals surface area contributed by atoms with E-state index in [0.29, 0.717) is 45.3 Å². The van der Waals surface area contributed by atoms with Crippen LogP contribution in [0.1, 0.15) is 49.7 Å². The minimum atomic E-state index is -1.03. The number of fused-ring (bicyclic) bond motifs is 1. The molecule has 33 heavy (non-hydrogen) atoms. The number of carboxylic acids is 1. The van der Waals surface area contributed by atoms with Crippen molar-refractivity contribution in [1.29, 1.82) is 0 Å². The number of hydrogen-bond donors (Lipinski definition) is 3. The van der Waals surface area contributed by atoms with Gasteiger partial charge in [-0.2, -0.15) is 4.98 Å². The zero-order chi connectivity index (χ0) is 24.0. The third-order valence-electron chi connectivity index (χ3n) is 5.85. The summed E-state index contributed by atoms with van der Waals surface area (Å²) in [6, 6.07) is 0. The van der Waals surface area contributed by atoms with Crippen molar-refractivity contribution in [3.63, 3.8) is 0 Å². The highest BCUT2D eigenvalue weighted by atomic mass is 16.5. The third kappa shape index (κ3) is 3.59. The molecule has 170 valence electrons. The summed E-state index contributed by atoms with van der Waals surface area (Å²) in [4.78, 5) is 42.5. The summed E-state index contributed by atoms with van der Waals surface area (Å²) in [7, 11) is 1.59. The number of H-pyrrole nitrogens is 1.